The first kappa shape index (κ1) is 17.5. The number of likely N-dealkylation sites (N-methyl/N-ethyl adjacent to an activating group) is 1. The van der Waals surface area contributed by atoms with E-state index in [1.165, 1.54) is 36.5 Å². The van der Waals surface area contributed by atoms with Crippen LogP contribution < -0.4 is 0 Å². The summed E-state index contributed by atoms with van der Waals surface area (Å²) in [6.07, 6.45) is 5.50. The van der Waals surface area contributed by atoms with Crippen molar-refractivity contribution in [3.8, 4) is 0 Å². The van der Waals surface area contributed by atoms with Gasteiger partial charge in [0.1, 0.15) is 0 Å². The zero-order valence-corrected chi connectivity index (χ0v) is 16.2. The molecule has 138 valence electrons. The Morgan fingerprint density at radius 1 is 0.885 bits per heavy atom. The van der Waals surface area contributed by atoms with Crippen molar-refractivity contribution in [3.63, 3.8) is 0 Å². The summed E-state index contributed by atoms with van der Waals surface area (Å²) >= 11 is 0. The summed E-state index contributed by atoms with van der Waals surface area (Å²) in [7, 11) is 6.41. The molecule has 4 atom stereocenters. The number of fused-ring (bicyclic) bond motifs is 2. The van der Waals surface area contributed by atoms with Crippen LogP contribution in [0.15, 0.2) is 42.5 Å². The maximum Gasteiger partial charge on any atom is 0.226 e. The second-order valence-corrected chi connectivity index (χ2v) is 8.60. The van der Waals surface area contributed by atoms with E-state index in [1.54, 1.807) is 0 Å². The molecule has 2 fully saturated rings. The molecule has 0 bridgehead atoms. The fraction of sp³-hybridized carbons (Fsp3) is 0.522. The summed E-state index contributed by atoms with van der Waals surface area (Å²) < 4.78 is 0. The van der Waals surface area contributed by atoms with Crippen LogP contribution in [0.3, 0.4) is 0 Å². The molecule has 1 amide bonds. The molecule has 0 aliphatic heterocycles. The topological polar surface area (TPSA) is 23.6 Å². The number of nitrogens with zero attached hydrogens (tertiary/aromatic N) is 2. The van der Waals surface area contributed by atoms with Crippen molar-refractivity contribution < 1.29 is 4.79 Å². The van der Waals surface area contributed by atoms with Gasteiger partial charge in [-0.3, -0.25) is 4.79 Å². The van der Waals surface area contributed by atoms with E-state index in [4.69, 9.17) is 0 Å². The molecule has 2 aromatic carbocycles. The van der Waals surface area contributed by atoms with E-state index in [0.29, 0.717) is 12.5 Å². The number of rotatable bonds is 4. The summed E-state index contributed by atoms with van der Waals surface area (Å²) in [5, 5.41) is 2.45. The summed E-state index contributed by atoms with van der Waals surface area (Å²) in [5.41, 5.74) is 1.12. The van der Waals surface area contributed by atoms with Crippen molar-refractivity contribution in [1.29, 1.82) is 0 Å². The Morgan fingerprint density at radius 2 is 1.50 bits per heavy atom. The third-order valence-electron chi connectivity index (χ3n) is 6.81. The lowest BCUT2D eigenvalue weighted by atomic mass is 10.0. The van der Waals surface area contributed by atoms with E-state index < -0.39 is 0 Å². The molecular weight excluding hydrogens is 320 g/mol. The molecule has 4 rings (SSSR count). The average Bonchev–Trinajstić information content (AvgIpc) is 3.20. The molecule has 3 heteroatoms. The number of carbonyl (C=O) groups is 1. The van der Waals surface area contributed by atoms with Crippen LogP contribution in [0.1, 0.15) is 31.2 Å². The maximum atomic E-state index is 12.8. The van der Waals surface area contributed by atoms with Gasteiger partial charge in [-0.05, 0) is 68.0 Å². The van der Waals surface area contributed by atoms with E-state index >= 15 is 0 Å². The van der Waals surface area contributed by atoms with Gasteiger partial charge < -0.3 is 9.80 Å². The summed E-state index contributed by atoms with van der Waals surface area (Å²) in [4.78, 5) is 17.3. The van der Waals surface area contributed by atoms with Crippen LogP contribution >= 0.6 is 0 Å². The van der Waals surface area contributed by atoms with Crippen molar-refractivity contribution in [2.24, 2.45) is 11.8 Å². The van der Waals surface area contributed by atoms with E-state index in [2.05, 4.69) is 61.5 Å². The number of hydrogen-bond donors (Lipinski definition) is 0. The first-order valence-corrected chi connectivity index (χ1v) is 9.91. The molecule has 2 aromatic rings. The van der Waals surface area contributed by atoms with Gasteiger partial charge in [0, 0.05) is 19.1 Å². The van der Waals surface area contributed by atoms with Gasteiger partial charge in [-0.1, -0.05) is 42.5 Å². The molecule has 2 aliphatic rings. The summed E-state index contributed by atoms with van der Waals surface area (Å²) in [6.45, 7) is 0. The molecule has 0 saturated heterocycles. The van der Waals surface area contributed by atoms with Crippen molar-refractivity contribution in [2.45, 2.75) is 44.2 Å². The Bertz CT molecular complexity index is 786. The Kier molecular flexibility index (Phi) is 4.74. The predicted octanol–water partition coefficient (Wildman–Crippen LogP) is 3.96. The number of hydrogen-bond acceptors (Lipinski definition) is 2. The highest BCUT2D eigenvalue weighted by molar-refractivity contribution is 5.85. The Hall–Kier alpha value is -1.87. The molecule has 0 aromatic heterocycles. The Morgan fingerprint density at radius 3 is 2.15 bits per heavy atom. The third-order valence-corrected chi connectivity index (χ3v) is 6.81. The molecule has 2 aliphatic carbocycles. The van der Waals surface area contributed by atoms with Crippen LogP contribution in [-0.4, -0.2) is 48.9 Å². The van der Waals surface area contributed by atoms with E-state index in [-0.39, 0.29) is 5.91 Å². The molecule has 26 heavy (non-hydrogen) atoms. The molecule has 0 spiro atoms. The van der Waals surface area contributed by atoms with Crippen LogP contribution in [0.5, 0.6) is 0 Å². The van der Waals surface area contributed by atoms with Crippen molar-refractivity contribution >= 4 is 16.7 Å². The van der Waals surface area contributed by atoms with Gasteiger partial charge in [0.25, 0.3) is 0 Å². The molecule has 3 nitrogen and oxygen atoms in total. The van der Waals surface area contributed by atoms with Gasteiger partial charge >= 0.3 is 0 Å². The Balaban J connectivity index is 1.38. The van der Waals surface area contributed by atoms with E-state index in [1.807, 2.05) is 11.9 Å². The molecule has 2 saturated carbocycles. The minimum absolute atomic E-state index is 0.259. The largest absolute Gasteiger partial charge is 0.342 e. The molecule has 0 radical (unpaired) electrons. The fourth-order valence-corrected chi connectivity index (χ4v) is 5.14. The first-order chi connectivity index (χ1) is 12.5. The van der Waals surface area contributed by atoms with Gasteiger partial charge in [-0.2, -0.15) is 0 Å². The lowest BCUT2D eigenvalue weighted by molar-refractivity contribution is -0.131. The van der Waals surface area contributed by atoms with Crippen molar-refractivity contribution in [1.82, 2.24) is 9.80 Å². The van der Waals surface area contributed by atoms with Gasteiger partial charge in [-0.15, -0.1) is 0 Å². The second kappa shape index (κ2) is 7.03. The molecular formula is C23H30N2O. The van der Waals surface area contributed by atoms with Crippen molar-refractivity contribution in [2.75, 3.05) is 21.1 Å². The first-order valence-electron chi connectivity index (χ1n) is 9.91. The van der Waals surface area contributed by atoms with Crippen molar-refractivity contribution in [3.05, 3.63) is 48.0 Å². The average molecular weight is 351 g/mol. The van der Waals surface area contributed by atoms with Crippen LogP contribution in [0.25, 0.3) is 10.8 Å². The van der Waals surface area contributed by atoms with Crippen LogP contribution in [0.4, 0.5) is 0 Å². The quantitative estimate of drug-likeness (QED) is 0.833. The highest BCUT2D eigenvalue weighted by Gasteiger charge is 2.43. The van der Waals surface area contributed by atoms with Crippen LogP contribution in [0.2, 0.25) is 0 Å². The third kappa shape index (κ3) is 3.37. The standard InChI is InChI=1S/C23H30N2O/c1-24(2)21-12-19-14-22(15-20(19)13-21)25(3)23(26)11-16-8-9-17-6-4-5-7-18(17)10-16/h4-10,19-22H,11-15H2,1-3H3/t19-,20+,21?,22?. The smallest absolute Gasteiger partial charge is 0.226 e. The molecule has 0 N–H and O–H groups in total. The summed E-state index contributed by atoms with van der Waals surface area (Å²) in [6, 6.07) is 15.9. The Labute approximate surface area is 157 Å². The normalized spacial score (nSPS) is 27.8. The van der Waals surface area contributed by atoms with Gasteiger partial charge in [0.2, 0.25) is 5.91 Å². The highest BCUT2D eigenvalue weighted by Crippen LogP contribution is 2.46. The minimum atomic E-state index is 0.259. The van der Waals surface area contributed by atoms with Gasteiger partial charge in [0.05, 0.1) is 6.42 Å². The lowest BCUT2D eigenvalue weighted by Gasteiger charge is -2.27. The predicted molar refractivity (Wildman–Crippen MR) is 107 cm³/mol. The van der Waals surface area contributed by atoms with Gasteiger partial charge in [-0.25, -0.2) is 0 Å². The SMILES string of the molecule is CN(C)C1C[C@@H]2CC(N(C)C(=O)Cc3ccc4ccccc4c3)C[C@@H]2C1. The zero-order valence-electron chi connectivity index (χ0n) is 16.2. The molecule has 0 heterocycles. The lowest BCUT2D eigenvalue weighted by Crippen LogP contribution is -2.37. The number of amides is 1. The van der Waals surface area contributed by atoms with Crippen LogP contribution in [0, 0.1) is 11.8 Å². The van der Waals surface area contributed by atoms with Gasteiger partial charge in [0.15, 0.2) is 0 Å². The summed E-state index contributed by atoms with van der Waals surface area (Å²) in [5.74, 6) is 1.88. The fourth-order valence-electron chi connectivity index (χ4n) is 5.14. The second-order valence-electron chi connectivity index (χ2n) is 8.60. The maximum absolute atomic E-state index is 12.8. The number of benzene rings is 2. The monoisotopic (exact) mass is 350 g/mol. The molecule has 2 unspecified atom stereocenters. The zero-order chi connectivity index (χ0) is 18.3. The van der Waals surface area contributed by atoms with E-state index in [9.17, 15) is 4.79 Å². The number of carbonyl (C=O) groups excluding carboxylic acids is 1. The van der Waals surface area contributed by atoms with Crippen LogP contribution in [-0.2, 0) is 11.2 Å². The van der Waals surface area contributed by atoms with E-state index in [0.717, 1.165) is 23.4 Å². The minimum Gasteiger partial charge on any atom is -0.342 e. The highest BCUT2D eigenvalue weighted by atomic mass is 16.2.